The Morgan fingerprint density at radius 2 is 1.52 bits per heavy atom. The summed E-state index contributed by atoms with van der Waals surface area (Å²) in [7, 11) is 4.46. The molecule has 3 rings (SSSR count). The first-order chi connectivity index (χ1) is 14.0. The van der Waals surface area contributed by atoms with Gasteiger partial charge in [-0.25, -0.2) is 9.97 Å². The van der Waals surface area contributed by atoms with Crippen molar-refractivity contribution in [3.8, 4) is 0 Å². The number of rotatable bonds is 10. The van der Waals surface area contributed by atoms with Crippen LogP contribution < -0.4 is 4.90 Å². The lowest BCUT2D eigenvalue weighted by Crippen LogP contribution is -2.53. The Morgan fingerprint density at radius 3 is 2.10 bits per heavy atom. The molecule has 2 saturated heterocycles. The van der Waals surface area contributed by atoms with E-state index in [9.17, 15) is 0 Å². The van der Waals surface area contributed by atoms with Crippen molar-refractivity contribution in [3.63, 3.8) is 0 Å². The summed E-state index contributed by atoms with van der Waals surface area (Å²) in [6, 6.07) is 1.87. The first-order valence-electron chi connectivity index (χ1n) is 12.0. The van der Waals surface area contributed by atoms with Gasteiger partial charge in [0.1, 0.15) is 0 Å². The van der Waals surface area contributed by atoms with Gasteiger partial charge in [0.2, 0.25) is 5.95 Å². The molecule has 2 aliphatic rings. The molecule has 2 atom stereocenters. The van der Waals surface area contributed by atoms with Gasteiger partial charge in [0, 0.05) is 43.6 Å². The van der Waals surface area contributed by atoms with Crippen LogP contribution in [-0.4, -0.2) is 71.6 Å². The van der Waals surface area contributed by atoms with E-state index in [2.05, 4.69) is 55.0 Å². The number of unbranched alkanes of at least 4 members (excludes halogenated alkanes) is 4. The fourth-order valence-corrected chi connectivity index (χ4v) is 4.53. The molecule has 2 bridgehead atoms. The van der Waals surface area contributed by atoms with Crippen molar-refractivity contribution in [1.29, 1.82) is 0 Å². The van der Waals surface area contributed by atoms with Crippen LogP contribution >= 0.6 is 0 Å². The molecule has 0 aliphatic carbocycles. The number of piperazine rings is 1. The number of aromatic nitrogens is 2. The lowest BCUT2D eigenvalue weighted by molar-refractivity contribution is 0.262. The molecule has 0 amide bonds. The fraction of sp³-hybridized carbons (Fsp3) is 0.833. The van der Waals surface area contributed by atoms with Crippen LogP contribution in [0.3, 0.4) is 0 Å². The van der Waals surface area contributed by atoms with Crippen molar-refractivity contribution >= 4 is 5.95 Å². The molecule has 5 heteroatoms. The fourth-order valence-electron chi connectivity index (χ4n) is 4.53. The Labute approximate surface area is 179 Å². The van der Waals surface area contributed by atoms with Crippen LogP contribution in [0.15, 0.2) is 12.4 Å². The molecule has 29 heavy (non-hydrogen) atoms. The van der Waals surface area contributed by atoms with E-state index in [0.29, 0.717) is 18.1 Å². The van der Waals surface area contributed by atoms with Crippen molar-refractivity contribution in [1.82, 2.24) is 19.8 Å². The Kier molecular flexibility index (Phi) is 10.4. The molecular weight excluding hydrogens is 358 g/mol. The predicted molar refractivity (Wildman–Crippen MR) is 125 cm³/mol. The predicted octanol–water partition coefficient (Wildman–Crippen LogP) is 4.62. The summed E-state index contributed by atoms with van der Waals surface area (Å²) < 4.78 is 0. The van der Waals surface area contributed by atoms with E-state index in [0.717, 1.165) is 25.5 Å². The second kappa shape index (κ2) is 12.5. The molecular formula is C24H45N5. The molecule has 0 N–H and O–H groups in total. The molecule has 1 aromatic rings. The van der Waals surface area contributed by atoms with Gasteiger partial charge in [-0.1, -0.05) is 33.1 Å². The average Bonchev–Trinajstić information content (AvgIpc) is 3.00. The zero-order chi connectivity index (χ0) is 21.2. The summed E-state index contributed by atoms with van der Waals surface area (Å²) in [6.07, 6.45) is 14.4. The molecule has 166 valence electrons. The monoisotopic (exact) mass is 403 g/mol. The van der Waals surface area contributed by atoms with Gasteiger partial charge in [0.25, 0.3) is 0 Å². The molecule has 2 aliphatic heterocycles. The van der Waals surface area contributed by atoms with Gasteiger partial charge in [-0.15, -0.1) is 0 Å². The van der Waals surface area contributed by atoms with Crippen LogP contribution in [0.5, 0.6) is 0 Å². The molecule has 0 saturated carbocycles. The summed E-state index contributed by atoms with van der Waals surface area (Å²) in [4.78, 5) is 16.8. The highest BCUT2D eigenvalue weighted by Gasteiger charge is 2.39. The lowest BCUT2D eigenvalue weighted by Gasteiger charge is -2.39. The third-order valence-electron chi connectivity index (χ3n) is 6.45. The Hall–Kier alpha value is -1.20. The minimum Gasteiger partial charge on any atom is -0.332 e. The first-order valence-corrected chi connectivity index (χ1v) is 12.0. The normalized spacial score (nSPS) is 21.6. The van der Waals surface area contributed by atoms with E-state index in [1.807, 2.05) is 13.8 Å². The van der Waals surface area contributed by atoms with E-state index >= 15 is 0 Å². The van der Waals surface area contributed by atoms with Gasteiger partial charge in [0.05, 0.1) is 0 Å². The molecule has 3 heterocycles. The van der Waals surface area contributed by atoms with Crippen molar-refractivity contribution in [2.45, 2.75) is 97.2 Å². The van der Waals surface area contributed by atoms with Gasteiger partial charge in [-0.2, -0.15) is 0 Å². The summed E-state index contributed by atoms with van der Waals surface area (Å²) in [5.74, 6) is 0.952. The third kappa shape index (κ3) is 7.21. The van der Waals surface area contributed by atoms with Gasteiger partial charge < -0.3 is 14.7 Å². The Morgan fingerprint density at radius 1 is 0.966 bits per heavy atom. The maximum absolute atomic E-state index is 4.72. The molecule has 0 radical (unpaired) electrons. The molecule has 2 fully saturated rings. The third-order valence-corrected chi connectivity index (χ3v) is 6.45. The zero-order valence-electron chi connectivity index (χ0n) is 19.9. The summed E-state index contributed by atoms with van der Waals surface area (Å²) in [5.41, 5.74) is 1.29. The second-order valence-corrected chi connectivity index (χ2v) is 9.00. The molecule has 0 spiro atoms. The van der Waals surface area contributed by atoms with E-state index in [1.165, 1.54) is 57.1 Å². The lowest BCUT2D eigenvalue weighted by atomic mass is 10.1. The van der Waals surface area contributed by atoms with E-state index in [-0.39, 0.29) is 0 Å². The molecule has 1 aromatic heterocycles. The number of fused-ring (bicyclic) bond motifs is 2. The number of hydrogen-bond donors (Lipinski definition) is 0. The largest absolute Gasteiger partial charge is 0.332 e. The topological polar surface area (TPSA) is 35.5 Å². The average molecular weight is 404 g/mol. The van der Waals surface area contributed by atoms with Crippen LogP contribution in [0.2, 0.25) is 0 Å². The van der Waals surface area contributed by atoms with Crippen LogP contribution in [0.25, 0.3) is 0 Å². The zero-order valence-corrected chi connectivity index (χ0v) is 19.9. The number of nitrogens with zero attached hydrogens (tertiary/aromatic N) is 5. The number of anilines is 1. The smallest absolute Gasteiger partial charge is 0.225 e. The van der Waals surface area contributed by atoms with Gasteiger partial charge >= 0.3 is 0 Å². The Bertz CT molecular complexity index is 545. The van der Waals surface area contributed by atoms with E-state index < -0.39 is 0 Å². The molecule has 0 aromatic carbocycles. The van der Waals surface area contributed by atoms with Crippen molar-refractivity contribution in [2.24, 2.45) is 0 Å². The highest BCUT2D eigenvalue weighted by molar-refractivity contribution is 5.37. The maximum atomic E-state index is 4.72. The van der Waals surface area contributed by atoms with Gasteiger partial charge in [0.15, 0.2) is 0 Å². The first kappa shape index (κ1) is 24.1. The maximum Gasteiger partial charge on any atom is 0.225 e. The highest BCUT2D eigenvalue weighted by atomic mass is 15.4. The number of hydrogen-bond acceptors (Lipinski definition) is 5. The number of likely N-dealkylation sites (tertiary alicyclic amines) is 1. The summed E-state index contributed by atoms with van der Waals surface area (Å²) in [5, 5.41) is 0. The van der Waals surface area contributed by atoms with Crippen LogP contribution in [0.4, 0.5) is 5.95 Å². The van der Waals surface area contributed by atoms with Gasteiger partial charge in [-0.05, 0) is 72.2 Å². The highest BCUT2D eigenvalue weighted by Crippen LogP contribution is 2.32. The second-order valence-electron chi connectivity index (χ2n) is 9.00. The van der Waals surface area contributed by atoms with Crippen molar-refractivity contribution in [3.05, 3.63) is 18.0 Å². The van der Waals surface area contributed by atoms with Crippen LogP contribution in [0, 0.1) is 0 Å². The summed E-state index contributed by atoms with van der Waals surface area (Å²) >= 11 is 0. The van der Waals surface area contributed by atoms with Crippen molar-refractivity contribution in [2.75, 3.05) is 38.6 Å². The molecule has 2 unspecified atom stereocenters. The quantitative estimate of drug-likeness (QED) is 0.533. The summed E-state index contributed by atoms with van der Waals surface area (Å²) in [6.45, 7) is 12.0. The Balaban J connectivity index is 0.00000145. The van der Waals surface area contributed by atoms with Crippen LogP contribution in [-0.2, 0) is 6.42 Å². The minimum absolute atomic E-state index is 0.606. The standard InChI is InChI=1S/C22H39N5.C2H6/c1-18(2)26(4)13-9-7-5-6-8-10-19-14-23-22(24-15-19)27-20-11-12-21(27)17-25(3)16-20;1-2/h14-15,18,20-21H,5-13,16-17H2,1-4H3;1-2H3. The van der Waals surface area contributed by atoms with E-state index in [1.54, 1.807) is 0 Å². The van der Waals surface area contributed by atoms with E-state index in [4.69, 9.17) is 9.97 Å². The van der Waals surface area contributed by atoms with Gasteiger partial charge in [-0.3, -0.25) is 0 Å². The SMILES string of the molecule is CC.CC(C)N(C)CCCCCCCc1cnc(N2C3CCC2CN(C)C3)nc1. The van der Waals surface area contributed by atoms with Crippen LogP contribution in [0.1, 0.15) is 78.2 Å². The number of aryl methyl sites for hydroxylation is 1. The minimum atomic E-state index is 0.606. The van der Waals surface area contributed by atoms with Crippen molar-refractivity contribution < 1.29 is 0 Å². The molecule has 5 nitrogen and oxygen atoms in total. The number of likely N-dealkylation sites (N-methyl/N-ethyl adjacent to an activating group) is 1.